The lowest BCUT2D eigenvalue weighted by atomic mass is 10.4. The molecular weight excluding hydrogens is 192 g/mol. The van der Waals surface area contributed by atoms with Crippen molar-refractivity contribution in [1.82, 2.24) is 14.6 Å². The van der Waals surface area contributed by atoms with Crippen molar-refractivity contribution in [3.8, 4) is 5.75 Å². The van der Waals surface area contributed by atoms with E-state index >= 15 is 0 Å². The van der Waals surface area contributed by atoms with Gasteiger partial charge in [0, 0.05) is 0 Å². The van der Waals surface area contributed by atoms with Gasteiger partial charge in [0.15, 0.2) is 5.75 Å². The average Bonchev–Trinajstić information content (AvgIpc) is 2.48. The van der Waals surface area contributed by atoms with Gasteiger partial charge in [0.05, 0.1) is 7.11 Å². The number of hydrogen-bond donors (Lipinski definition) is 1. The maximum absolute atomic E-state index is 5.85. The molecule has 0 bridgehead atoms. The number of nitrogen functional groups attached to an aromatic ring is 1. The number of nitrogens with two attached hydrogens (primary N) is 1. The van der Waals surface area contributed by atoms with Crippen LogP contribution < -0.4 is 10.5 Å². The molecule has 13 heavy (non-hydrogen) atoms. The van der Waals surface area contributed by atoms with E-state index in [9.17, 15) is 0 Å². The van der Waals surface area contributed by atoms with E-state index in [2.05, 4.69) is 10.1 Å². The summed E-state index contributed by atoms with van der Waals surface area (Å²) in [5, 5.41) is 4.34. The minimum absolute atomic E-state index is 0.173. The maximum Gasteiger partial charge on any atom is 0.240 e. The van der Waals surface area contributed by atoms with Gasteiger partial charge in [-0.25, -0.2) is 0 Å². The lowest BCUT2D eigenvalue weighted by Gasteiger charge is -2.00. The van der Waals surface area contributed by atoms with Crippen LogP contribution in [0.5, 0.6) is 5.75 Å². The number of pyridine rings is 1. The normalized spacial score (nSPS) is 10.6. The standard InChI is InChI=1S/C7H7ClN4O/c1-13-4-2-3-5(8)12-6(4)10-7(9)11-12/h2-3H,1H3,(H2,9,11). The Labute approximate surface area is 79.1 Å². The third-order valence-corrected chi connectivity index (χ3v) is 1.92. The summed E-state index contributed by atoms with van der Waals surface area (Å²) in [5.41, 5.74) is 5.95. The molecule has 6 heteroatoms. The Morgan fingerprint density at radius 1 is 1.54 bits per heavy atom. The zero-order valence-electron chi connectivity index (χ0n) is 6.86. The Balaban J connectivity index is 2.83. The second kappa shape index (κ2) is 2.77. The van der Waals surface area contributed by atoms with Crippen molar-refractivity contribution in [3.05, 3.63) is 17.3 Å². The first-order valence-corrected chi connectivity index (χ1v) is 3.95. The molecule has 0 fully saturated rings. The minimum atomic E-state index is 0.173. The summed E-state index contributed by atoms with van der Waals surface area (Å²) in [7, 11) is 1.55. The van der Waals surface area contributed by atoms with E-state index in [4.69, 9.17) is 22.1 Å². The lowest BCUT2D eigenvalue weighted by molar-refractivity contribution is 0.416. The highest BCUT2D eigenvalue weighted by Gasteiger charge is 2.08. The Hall–Kier alpha value is -1.49. The van der Waals surface area contributed by atoms with E-state index in [1.54, 1.807) is 19.2 Å². The molecule has 0 spiro atoms. The van der Waals surface area contributed by atoms with Gasteiger partial charge >= 0.3 is 0 Å². The summed E-state index contributed by atoms with van der Waals surface area (Å²) in [5.74, 6) is 0.764. The number of fused-ring (bicyclic) bond motifs is 1. The van der Waals surface area contributed by atoms with Crippen LogP contribution in [-0.4, -0.2) is 21.7 Å². The molecule has 5 nitrogen and oxygen atoms in total. The first-order valence-electron chi connectivity index (χ1n) is 3.57. The van der Waals surface area contributed by atoms with Crippen LogP contribution in [0.4, 0.5) is 5.95 Å². The van der Waals surface area contributed by atoms with E-state index < -0.39 is 0 Å². The van der Waals surface area contributed by atoms with Gasteiger partial charge in [-0.05, 0) is 12.1 Å². The SMILES string of the molecule is COc1ccc(Cl)n2nc(N)nc12. The molecule has 0 radical (unpaired) electrons. The van der Waals surface area contributed by atoms with Crippen molar-refractivity contribution in [3.63, 3.8) is 0 Å². The van der Waals surface area contributed by atoms with Crippen molar-refractivity contribution in [2.45, 2.75) is 0 Å². The third kappa shape index (κ3) is 1.17. The number of aromatic nitrogens is 3. The number of halogens is 1. The highest BCUT2D eigenvalue weighted by atomic mass is 35.5. The van der Waals surface area contributed by atoms with Crippen LogP contribution in [0.15, 0.2) is 12.1 Å². The van der Waals surface area contributed by atoms with Gasteiger partial charge < -0.3 is 10.5 Å². The zero-order valence-corrected chi connectivity index (χ0v) is 7.62. The summed E-state index contributed by atoms with van der Waals surface area (Å²) < 4.78 is 6.48. The van der Waals surface area contributed by atoms with E-state index in [0.717, 1.165) is 0 Å². The van der Waals surface area contributed by atoms with Gasteiger partial charge in [-0.1, -0.05) is 11.6 Å². The van der Waals surface area contributed by atoms with E-state index in [1.807, 2.05) is 0 Å². The number of hydrogen-bond acceptors (Lipinski definition) is 4. The largest absolute Gasteiger partial charge is 0.493 e. The molecular formula is C7H7ClN4O. The molecule has 68 valence electrons. The van der Waals surface area contributed by atoms with Crippen LogP contribution in [-0.2, 0) is 0 Å². The van der Waals surface area contributed by atoms with Crippen molar-refractivity contribution < 1.29 is 4.74 Å². The zero-order chi connectivity index (χ0) is 9.42. The Bertz CT molecular complexity index is 453. The van der Waals surface area contributed by atoms with Gasteiger partial charge in [0.2, 0.25) is 11.6 Å². The summed E-state index contributed by atoms with van der Waals surface area (Å²) in [6, 6.07) is 3.38. The van der Waals surface area contributed by atoms with Crippen LogP contribution in [0.25, 0.3) is 5.65 Å². The van der Waals surface area contributed by atoms with Crippen LogP contribution >= 0.6 is 11.6 Å². The van der Waals surface area contributed by atoms with E-state index in [1.165, 1.54) is 4.52 Å². The number of nitrogens with zero attached hydrogens (tertiary/aromatic N) is 3. The Morgan fingerprint density at radius 2 is 2.31 bits per heavy atom. The second-order valence-electron chi connectivity index (χ2n) is 2.43. The third-order valence-electron chi connectivity index (χ3n) is 1.64. The molecule has 2 N–H and O–H groups in total. The minimum Gasteiger partial charge on any atom is -0.493 e. The molecule has 2 rings (SSSR count). The summed E-state index contributed by atoms with van der Waals surface area (Å²) in [4.78, 5) is 3.96. The fraction of sp³-hybridized carbons (Fsp3) is 0.143. The molecule has 0 aromatic carbocycles. The van der Waals surface area contributed by atoms with Gasteiger partial charge in [0.1, 0.15) is 5.15 Å². The molecule has 0 unspecified atom stereocenters. The van der Waals surface area contributed by atoms with E-state index in [-0.39, 0.29) is 5.95 Å². The number of anilines is 1. The smallest absolute Gasteiger partial charge is 0.240 e. The summed E-state index contributed by atoms with van der Waals surface area (Å²) in [6.45, 7) is 0. The molecule has 2 heterocycles. The van der Waals surface area contributed by atoms with Crippen LogP contribution in [0.3, 0.4) is 0 Å². The van der Waals surface area contributed by atoms with Gasteiger partial charge in [-0.3, -0.25) is 0 Å². The Morgan fingerprint density at radius 3 is 3.00 bits per heavy atom. The van der Waals surface area contributed by atoms with Crippen molar-refractivity contribution in [2.75, 3.05) is 12.8 Å². The predicted octanol–water partition coefficient (Wildman–Crippen LogP) is 0.973. The van der Waals surface area contributed by atoms with Crippen molar-refractivity contribution in [1.29, 1.82) is 0 Å². The molecule has 0 amide bonds. The number of rotatable bonds is 1. The van der Waals surface area contributed by atoms with Gasteiger partial charge in [-0.15, -0.1) is 5.10 Å². The lowest BCUT2D eigenvalue weighted by Crippen LogP contribution is -1.93. The van der Waals surface area contributed by atoms with E-state index in [0.29, 0.717) is 16.5 Å². The van der Waals surface area contributed by atoms with Gasteiger partial charge in [0.25, 0.3) is 0 Å². The molecule has 0 saturated heterocycles. The molecule has 0 atom stereocenters. The molecule has 2 aromatic heterocycles. The van der Waals surface area contributed by atoms with Crippen LogP contribution in [0, 0.1) is 0 Å². The molecule has 0 aliphatic rings. The van der Waals surface area contributed by atoms with Crippen molar-refractivity contribution >= 4 is 23.2 Å². The average molecular weight is 199 g/mol. The van der Waals surface area contributed by atoms with Crippen molar-refractivity contribution in [2.24, 2.45) is 0 Å². The van der Waals surface area contributed by atoms with Gasteiger partial charge in [-0.2, -0.15) is 9.50 Å². The first-order chi connectivity index (χ1) is 6.22. The number of methoxy groups -OCH3 is 1. The number of ether oxygens (including phenoxy) is 1. The Kier molecular flexibility index (Phi) is 1.73. The second-order valence-corrected chi connectivity index (χ2v) is 2.82. The van der Waals surface area contributed by atoms with Crippen LogP contribution in [0.2, 0.25) is 5.15 Å². The fourth-order valence-electron chi connectivity index (χ4n) is 1.09. The van der Waals surface area contributed by atoms with Crippen LogP contribution in [0.1, 0.15) is 0 Å². The predicted molar refractivity (Wildman–Crippen MR) is 49.0 cm³/mol. The molecule has 0 saturated carbocycles. The monoisotopic (exact) mass is 198 g/mol. The fourth-order valence-corrected chi connectivity index (χ4v) is 1.27. The first kappa shape index (κ1) is 8.12. The molecule has 2 aromatic rings. The highest BCUT2D eigenvalue weighted by molar-refractivity contribution is 6.29. The summed E-state index contributed by atoms with van der Waals surface area (Å²) >= 11 is 5.85. The maximum atomic E-state index is 5.85. The molecule has 0 aliphatic carbocycles. The topological polar surface area (TPSA) is 65.4 Å². The highest BCUT2D eigenvalue weighted by Crippen LogP contribution is 2.22. The quantitative estimate of drug-likeness (QED) is 0.694. The summed E-state index contributed by atoms with van der Waals surface area (Å²) in [6.07, 6.45) is 0. The molecule has 0 aliphatic heterocycles.